The number of amides is 2. The molecule has 13 nitrogen and oxygen atoms in total. The molecule has 1 fully saturated rings. The van der Waals surface area contributed by atoms with Crippen LogP contribution in [-0.4, -0.2) is 55.7 Å². The second-order valence-corrected chi connectivity index (χ2v) is 10.9. The molecule has 1 aromatic carbocycles. The van der Waals surface area contributed by atoms with Gasteiger partial charge in [-0.05, 0) is 36.5 Å². The van der Waals surface area contributed by atoms with Gasteiger partial charge in [-0.25, -0.2) is 9.78 Å². The van der Waals surface area contributed by atoms with E-state index in [9.17, 15) is 32.3 Å². The zero-order valence-electron chi connectivity index (χ0n) is 24.8. The number of methoxy groups -OCH3 is 1. The van der Waals surface area contributed by atoms with Crippen LogP contribution < -0.4 is 16.2 Å². The molecule has 2 N–H and O–H groups in total. The molecule has 1 saturated carbocycles. The van der Waals surface area contributed by atoms with E-state index in [1.807, 2.05) is 0 Å². The smallest absolute Gasteiger partial charge is 0.417 e. The summed E-state index contributed by atoms with van der Waals surface area (Å²) in [5.74, 6) is -2.62. The summed E-state index contributed by atoms with van der Waals surface area (Å²) in [5.41, 5.74) is -1.46. The fourth-order valence-electron chi connectivity index (χ4n) is 4.81. The molecule has 0 spiro atoms. The average Bonchev–Trinajstić information content (AvgIpc) is 3.69. The Bertz CT molecular complexity index is 1820. The molecule has 1 aliphatic carbocycles. The van der Waals surface area contributed by atoms with E-state index >= 15 is 0 Å². The Morgan fingerprint density at radius 3 is 2.35 bits per heavy atom. The predicted octanol–water partition coefficient (Wildman–Crippen LogP) is 3.99. The molecule has 3 heterocycles. The Morgan fingerprint density at radius 2 is 1.76 bits per heavy atom. The van der Waals surface area contributed by atoms with Crippen molar-refractivity contribution in [2.45, 2.75) is 50.9 Å². The lowest BCUT2D eigenvalue weighted by Gasteiger charge is -2.21. The maximum absolute atomic E-state index is 13.5. The quantitative estimate of drug-likeness (QED) is 0.242. The van der Waals surface area contributed by atoms with Gasteiger partial charge in [0.25, 0.3) is 11.4 Å². The molecule has 3 aromatic heterocycles. The molecule has 240 valence electrons. The van der Waals surface area contributed by atoms with E-state index in [-0.39, 0.29) is 17.4 Å². The van der Waals surface area contributed by atoms with E-state index in [2.05, 4.69) is 35.5 Å². The summed E-state index contributed by atoms with van der Waals surface area (Å²) in [6.45, 7) is 2.82. The molecule has 0 bridgehead atoms. The van der Waals surface area contributed by atoms with Crippen LogP contribution in [0.3, 0.4) is 0 Å². The van der Waals surface area contributed by atoms with Gasteiger partial charge in [-0.3, -0.25) is 29.3 Å². The van der Waals surface area contributed by atoms with Gasteiger partial charge in [0.05, 0.1) is 41.7 Å². The molecule has 16 heteroatoms. The van der Waals surface area contributed by atoms with Crippen LogP contribution in [0.2, 0.25) is 0 Å². The van der Waals surface area contributed by atoms with Gasteiger partial charge >= 0.3 is 12.3 Å². The van der Waals surface area contributed by atoms with Gasteiger partial charge in [0.1, 0.15) is 6.54 Å². The van der Waals surface area contributed by atoms with Crippen molar-refractivity contribution in [2.24, 2.45) is 5.92 Å². The number of hydrogen-bond acceptors (Lipinski definition) is 10. The number of ketones is 1. The maximum atomic E-state index is 13.5. The molecule has 0 radical (unpaired) electrons. The van der Waals surface area contributed by atoms with Crippen LogP contribution in [0.1, 0.15) is 54.5 Å². The van der Waals surface area contributed by atoms with Crippen molar-refractivity contribution in [1.29, 1.82) is 0 Å². The Kier molecular flexibility index (Phi) is 8.72. The van der Waals surface area contributed by atoms with Crippen molar-refractivity contribution in [1.82, 2.24) is 30.0 Å². The third-order valence-corrected chi connectivity index (χ3v) is 7.47. The molecule has 46 heavy (non-hydrogen) atoms. The lowest BCUT2D eigenvalue weighted by molar-refractivity contribution is -0.137. The topological polar surface area (TPSA) is 171 Å². The van der Waals surface area contributed by atoms with Gasteiger partial charge < -0.3 is 14.5 Å². The van der Waals surface area contributed by atoms with Crippen molar-refractivity contribution in [3.05, 3.63) is 88.3 Å². The highest BCUT2D eigenvalue weighted by atomic mass is 19.4. The largest absolute Gasteiger partial charge is 0.453 e. The number of alkyl halides is 3. The Morgan fingerprint density at radius 1 is 1.04 bits per heavy atom. The van der Waals surface area contributed by atoms with Gasteiger partial charge in [0, 0.05) is 6.20 Å². The third-order valence-electron chi connectivity index (χ3n) is 7.47. The summed E-state index contributed by atoms with van der Waals surface area (Å²) in [5, 5.41) is 12.7. The van der Waals surface area contributed by atoms with E-state index in [4.69, 9.17) is 4.42 Å². The molecule has 0 aliphatic heterocycles. The number of nitrogens with one attached hydrogen (secondary N) is 2. The van der Waals surface area contributed by atoms with Crippen LogP contribution in [0.15, 0.2) is 64.1 Å². The van der Waals surface area contributed by atoms with E-state index < -0.39 is 64.9 Å². The van der Waals surface area contributed by atoms with Crippen LogP contribution in [0, 0.1) is 5.92 Å². The molecule has 1 atom stereocenters. The SMILES string of the molecule is COC(=O)Nc1ncc(-c2ccccc2)n(CC(=O)N[C@H](C(=O)c2nnc(C3(c4ccc(C(F)(F)F)cn4)CC3)o2)C(C)C)c1=O. The number of nitrogens with zero attached hydrogens (tertiary/aromatic N) is 5. The normalized spacial score (nSPS) is 14.4. The highest BCUT2D eigenvalue weighted by Gasteiger charge is 2.52. The Balaban J connectivity index is 1.37. The second-order valence-electron chi connectivity index (χ2n) is 10.9. The van der Waals surface area contributed by atoms with Crippen molar-refractivity contribution in [3.8, 4) is 11.3 Å². The van der Waals surface area contributed by atoms with Crippen LogP contribution in [0.25, 0.3) is 11.3 Å². The van der Waals surface area contributed by atoms with Crippen LogP contribution in [-0.2, 0) is 27.7 Å². The lowest BCUT2D eigenvalue weighted by Crippen LogP contribution is -2.46. The summed E-state index contributed by atoms with van der Waals surface area (Å²) in [6, 6.07) is 9.66. The van der Waals surface area contributed by atoms with Crippen LogP contribution in [0.5, 0.6) is 0 Å². The fourth-order valence-corrected chi connectivity index (χ4v) is 4.81. The number of Topliss-reactive ketones (excluding diaryl/α,β-unsaturated/α-hetero) is 1. The van der Waals surface area contributed by atoms with E-state index in [1.165, 1.54) is 12.3 Å². The van der Waals surface area contributed by atoms with Crippen molar-refractivity contribution >= 4 is 23.6 Å². The van der Waals surface area contributed by atoms with Gasteiger partial charge in [0.2, 0.25) is 23.4 Å². The third kappa shape index (κ3) is 6.50. The molecule has 4 aromatic rings. The average molecular weight is 640 g/mol. The first kappa shape index (κ1) is 32.0. The summed E-state index contributed by atoms with van der Waals surface area (Å²) in [7, 11) is 1.12. The standard InChI is InChI=1S/C30H28F3N7O6/c1-16(2)22(23(42)25-38-39-27(46-25)29(11-12-29)20-10-9-18(13-34-20)30(31,32)33)36-21(41)15-40-19(17-7-5-4-6-8-17)14-35-24(26(40)43)37-28(44)45-3/h4-10,13-14,16,22H,11-12,15H2,1-3H3,(H,36,41)(H,35,37,44)/t22-/m0/s1. The first-order valence-electron chi connectivity index (χ1n) is 14.1. The number of rotatable bonds is 10. The lowest BCUT2D eigenvalue weighted by atomic mass is 9.99. The molecule has 0 saturated heterocycles. The van der Waals surface area contributed by atoms with E-state index in [1.54, 1.807) is 44.2 Å². The number of anilines is 1. The second kappa shape index (κ2) is 12.5. The van der Waals surface area contributed by atoms with E-state index in [0.717, 1.165) is 23.9 Å². The predicted molar refractivity (Wildman–Crippen MR) is 155 cm³/mol. The highest BCUT2D eigenvalue weighted by molar-refractivity contribution is 5.98. The molecular formula is C30H28F3N7O6. The zero-order chi connectivity index (χ0) is 33.2. The summed E-state index contributed by atoms with van der Waals surface area (Å²) in [6.07, 6.45) is -2.47. The van der Waals surface area contributed by atoms with Gasteiger partial charge in [-0.1, -0.05) is 44.2 Å². The minimum absolute atomic E-state index is 0.0263. The number of carbonyl (C=O) groups excluding carboxylic acids is 3. The van der Waals surface area contributed by atoms with Gasteiger partial charge in [-0.2, -0.15) is 13.2 Å². The van der Waals surface area contributed by atoms with E-state index in [0.29, 0.717) is 24.1 Å². The monoisotopic (exact) mass is 639 g/mol. The van der Waals surface area contributed by atoms with Crippen molar-refractivity contribution < 1.29 is 36.7 Å². The molecular weight excluding hydrogens is 611 g/mol. The molecule has 1 aliphatic rings. The molecule has 5 rings (SSSR count). The number of pyridine rings is 1. The minimum atomic E-state index is -4.54. The minimum Gasteiger partial charge on any atom is -0.453 e. The van der Waals surface area contributed by atoms with Crippen LogP contribution >= 0.6 is 0 Å². The maximum Gasteiger partial charge on any atom is 0.417 e. The van der Waals surface area contributed by atoms with Gasteiger partial charge in [-0.15, -0.1) is 10.2 Å². The first-order chi connectivity index (χ1) is 21.8. The Labute approximate surface area is 259 Å². The number of halogens is 3. The molecule has 0 unspecified atom stereocenters. The highest BCUT2D eigenvalue weighted by Crippen LogP contribution is 2.52. The van der Waals surface area contributed by atoms with Crippen LogP contribution in [0.4, 0.5) is 23.8 Å². The summed E-state index contributed by atoms with van der Waals surface area (Å²) < 4.78 is 50.4. The fraction of sp³-hybridized carbons (Fsp3) is 0.333. The summed E-state index contributed by atoms with van der Waals surface area (Å²) >= 11 is 0. The first-order valence-corrected chi connectivity index (χ1v) is 14.1. The zero-order valence-corrected chi connectivity index (χ0v) is 24.8. The number of aromatic nitrogens is 5. The van der Waals surface area contributed by atoms with Crippen molar-refractivity contribution in [3.63, 3.8) is 0 Å². The summed E-state index contributed by atoms with van der Waals surface area (Å²) in [4.78, 5) is 59.9. The van der Waals surface area contributed by atoms with Gasteiger partial charge in [0.15, 0.2) is 0 Å². The number of hydrogen-bond donors (Lipinski definition) is 2. The van der Waals surface area contributed by atoms with Crippen molar-refractivity contribution in [2.75, 3.05) is 12.4 Å². The Hall–Kier alpha value is -5.41. The number of carbonyl (C=O) groups is 3. The number of benzene rings is 1. The number of ether oxygens (including phenoxy) is 1. The molecule has 2 amide bonds.